The number of sulfone groups is 1. The number of hydrogen-bond acceptors (Lipinski definition) is 4. The lowest BCUT2D eigenvalue weighted by Crippen LogP contribution is -2.20. The highest BCUT2D eigenvalue weighted by Gasteiger charge is 2.27. The molecule has 0 radical (unpaired) electrons. The zero-order chi connectivity index (χ0) is 13.2. The number of carbonyl (C=O) groups is 1. The van der Waals surface area contributed by atoms with E-state index >= 15 is 0 Å². The number of anilines is 2. The van der Waals surface area contributed by atoms with Gasteiger partial charge in [-0.3, -0.25) is 4.79 Å². The summed E-state index contributed by atoms with van der Waals surface area (Å²) in [6, 6.07) is 7.22. The quantitative estimate of drug-likeness (QED) is 0.865. The Bertz CT molecular complexity index is 537. The molecule has 1 unspecified atom stereocenters. The molecule has 1 aromatic rings. The minimum Gasteiger partial charge on any atom is -0.381 e. The summed E-state index contributed by atoms with van der Waals surface area (Å²) in [6.45, 7) is 1.45. The number of hydrogen-bond donors (Lipinski definition) is 2. The molecule has 1 fully saturated rings. The van der Waals surface area contributed by atoms with E-state index in [1.54, 1.807) is 12.1 Å². The van der Waals surface area contributed by atoms with Gasteiger partial charge in [-0.15, -0.1) is 0 Å². The lowest BCUT2D eigenvalue weighted by Gasteiger charge is -2.12. The van der Waals surface area contributed by atoms with E-state index < -0.39 is 9.84 Å². The second-order valence-electron chi connectivity index (χ2n) is 4.50. The maximum Gasteiger partial charge on any atom is 0.221 e. The number of amides is 1. The molecule has 0 bridgehead atoms. The molecule has 0 spiro atoms. The predicted molar refractivity (Wildman–Crippen MR) is 71.4 cm³/mol. The molecule has 1 heterocycles. The lowest BCUT2D eigenvalue weighted by molar-refractivity contribution is -0.114. The third-order valence-electron chi connectivity index (χ3n) is 2.81. The average Bonchev–Trinajstić information content (AvgIpc) is 2.60. The number of nitrogens with one attached hydrogen (secondary N) is 2. The summed E-state index contributed by atoms with van der Waals surface area (Å²) >= 11 is 0. The monoisotopic (exact) mass is 268 g/mol. The summed E-state index contributed by atoms with van der Waals surface area (Å²) in [7, 11) is -2.86. The summed E-state index contributed by atoms with van der Waals surface area (Å²) in [4.78, 5) is 10.9. The Morgan fingerprint density at radius 3 is 2.33 bits per heavy atom. The molecule has 0 aliphatic carbocycles. The van der Waals surface area contributed by atoms with Gasteiger partial charge in [0.05, 0.1) is 11.5 Å². The van der Waals surface area contributed by atoms with Crippen molar-refractivity contribution < 1.29 is 13.2 Å². The topological polar surface area (TPSA) is 75.3 Å². The van der Waals surface area contributed by atoms with E-state index in [9.17, 15) is 13.2 Å². The highest BCUT2D eigenvalue weighted by Crippen LogP contribution is 2.19. The summed E-state index contributed by atoms with van der Waals surface area (Å²) in [5.41, 5.74) is 1.60. The van der Waals surface area contributed by atoms with Crippen LogP contribution in [0.1, 0.15) is 13.3 Å². The van der Waals surface area contributed by atoms with Gasteiger partial charge in [-0.05, 0) is 30.7 Å². The number of carbonyl (C=O) groups excluding carboxylic acids is 1. The molecule has 6 heteroatoms. The second kappa shape index (κ2) is 4.97. The van der Waals surface area contributed by atoms with E-state index in [0.29, 0.717) is 6.42 Å². The predicted octanol–water partition coefficient (Wildman–Crippen LogP) is 1.24. The molecule has 0 saturated carbocycles. The van der Waals surface area contributed by atoms with Gasteiger partial charge in [0.2, 0.25) is 5.91 Å². The van der Waals surface area contributed by atoms with Crippen LogP contribution >= 0.6 is 0 Å². The Labute approximate surface area is 107 Å². The molecule has 2 N–H and O–H groups in total. The number of benzene rings is 1. The van der Waals surface area contributed by atoms with Gasteiger partial charge in [-0.1, -0.05) is 0 Å². The average molecular weight is 268 g/mol. The van der Waals surface area contributed by atoms with Crippen molar-refractivity contribution in [3.05, 3.63) is 24.3 Å². The first-order valence-corrected chi connectivity index (χ1v) is 7.61. The molecule has 1 saturated heterocycles. The normalized spacial score (nSPS) is 21.5. The van der Waals surface area contributed by atoms with Crippen LogP contribution in [-0.2, 0) is 14.6 Å². The summed E-state index contributed by atoms with van der Waals surface area (Å²) in [5, 5.41) is 5.86. The van der Waals surface area contributed by atoms with E-state index in [4.69, 9.17) is 0 Å². The van der Waals surface area contributed by atoms with E-state index in [1.807, 2.05) is 12.1 Å². The van der Waals surface area contributed by atoms with Crippen LogP contribution < -0.4 is 10.6 Å². The maximum atomic E-state index is 11.3. The van der Waals surface area contributed by atoms with Crippen LogP contribution in [-0.4, -0.2) is 31.9 Å². The fourth-order valence-corrected chi connectivity index (χ4v) is 3.67. The molecule has 0 aromatic heterocycles. The van der Waals surface area contributed by atoms with Gasteiger partial charge in [0, 0.05) is 24.3 Å². The van der Waals surface area contributed by atoms with E-state index in [1.165, 1.54) is 6.92 Å². The second-order valence-corrected chi connectivity index (χ2v) is 6.73. The molecular weight excluding hydrogens is 252 g/mol. The first-order chi connectivity index (χ1) is 8.44. The van der Waals surface area contributed by atoms with Gasteiger partial charge in [-0.2, -0.15) is 0 Å². The van der Waals surface area contributed by atoms with Crippen LogP contribution in [0, 0.1) is 0 Å². The Hall–Kier alpha value is -1.56. The maximum absolute atomic E-state index is 11.3. The summed E-state index contributed by atoms with van der Waals surface area (Å²) in [6.07, 6.45) is 0.649. The van der Waals surface area contributed by atoms with Crippen LogP contribution in [0.25, 0.3) is 0 Å². The van der Waals surface area contributed by atoms with Crippen LogP contribution in [0.4, 0.5) is 11.4 Å². The fraction of sp³-hybridized carbons (Fsp3) is 0.417. The Balaban J connectivity index is 1.97. The highest BCUT2D eigenvalue weighted by molar-refractivity contribution is 7.91. The zero-order valence-electron chi connectivity index (χ0n) is 10.1. The molecule has 2 rings (SSSR count). The van der Waals surface area contributed by atoms with Crippen molar-refractivity contribution >= 4 is 27.1 Å². The molecule has 1 aliphatic rings. The van der Waals surface area contributed by atoms with Crippen molar-refractivity contribution in [2.75, 3.05) is 22.1 Å². The van der Waals surface area contributed by atoms with Gasteiger partial charge in [0.25, 0.3) is 0 Å². The Morgan fingerprint density at radius 1 is 1.22 bits per heavy atom. The van der Waals surface area contributed by atoms with Crippen molar-refractivity contribution in [1.29, 1.82) is 0 Å². The Kier molecular flexibility index (Phi) is 3.56. The molecule has 18 heavy (non-hydrogen) atoms. The first kappa shape index (κ1) is 12.9. The SMILES string of the molecule is CC(=O)Nc1ccc(NC2CCS(=O)(=O)C2)cc1. The standard InChI is InChI=1S/C12H16N2O3S/c1-9(15)13-10-2-4-11(5-3-10)14-12-6-7-18(16,17)8-12/h2-5,12,14H,6-8H2,1H3,(H,13,15). The van der Waals surface area contributed by atoms with Gasteiger partial charge < -0.3 is 10.6 Å². The zero-order valence-corrected chi connectivity index (χ0v) is 11.0. The van der Waals surface area contributed by atoms with Crippen LogP contribution in [0.2, 0.25) is 0 Å². The van der Waals surface area contributed by atoms with Crippen LogP contribution in [0.5, 0.6) is 0 Å². The van der Waals surface area contributed by atoms with Crippen LogP contribution in [0.15, 0.2) is 24.3 Å². The largest absolute Gasteiger partial charge is 0.381 e. The molecule has 5 nitrogen and oxygen atoms in total. The highest BCUT2D eigenvalue weighted by atomic mass is 32.2. The fourth-order valence-electron chi connectivity index (χ4n) is 2.00. The van der Waals surface area contributed by atoms with Crippen LogP contribution in [0.3, 0.4) is 0 Å². The summed E-state index contributed by atoms with van der Waals surface area (Å²) < 4.78 is 22.6. The molecular formula is C12H16N2O3S. The van der Waals surface area contributed by atoms with Crippen molar-refractivity contribution in [1.82, 2.24) is 0 Å². The molecule has 1 amide bonds. The first-order valence-electron chi connectivity index (χ1n) is 5.79. The van der Waals surface area contributed by atoms with E-state index in [0.717, 1.165) is 11.4 Å². The molecule has 98 valence electrons. The van der Waals surface area contributed by atoms with Gasteiger partial charge >= 0.3 is 0 Å². The van der Waals surface area contributed by atoms with Crippen molar-refractivity contribution in [2.24, 2.45) is 0 Å². The third kappa shape index (κ3) is 3.46. The minimum atomic E-state index is -2.86. The minimum absolute atomic E-state index is 0.0124. The van der Waals surface area contributed by atoms with E-state index in [2.05, 4.69) is 10.6 Å². The molecule has 1 aromatic carbocycles. The molecule has 1 atom stereocenters. The Morgan fingerprint density at radius 2 is 1.83 bits per heavy atom. The van der Waals surface area contributed by atoms with Crippen molar-refractivity contribution in [3.63, 3.8) is 0 Å². The van der Waals surface area contributed by atoms with Gasteiger partial charge in [0.15, 0.2) is 9.84 Å². The lowest BCUT2D eigenvalue weighted by atomic mass is 10.2. The smallest absolute Gasteiger partial charge is 0.221 e. The van der Waals surface area contributed by atoms with Gasteiger partial charge in [-0.25, -0.2) is 8.42 Å². The van der Waals surface area contributed by atoms with Gasteiger partial charge in [0.1, 0.15) is 0 Å². The number of rotatable bonds is 3. The third-order valence-corrected chi connectivity index (χ3v) is 4.58. The summed E-state index contributed by atoms with van der Waals surface area (Å²) in [5.74, 6) is 0.340. The van der Waals surface area contributed by atoms with E-state index in [-0.39, 0.29) is 23.5 Å². The molecule has 1 aliphatic heterocycles. The van der Waals surface area contributed by atoms with Crippen molar-refractivity contribution in [3.8, 4) is 0 Å². The van der Waals surface area contributed by atoms with Crippen molar-refractivity contribution in [2.45, 2.75) is 19.4 Å².